The molecule has 0 saturated carbocycles. The molecule has 0 unspecified atom stereocenters. The monoisotopic (exact) mass is 269 g/mol. The van der Waals surface area contributed by atoms with Crippen molar-refractivity contribution in [3.8, 4) is 0 Å². The van der Waals surface area contributed by atoms with Gasteiger partial charge in [0.15, 0.2) is 0 Å². The molecule has 0 radical (unpaired) electrons. The highest BCUT2D eigenvalue weighted by Crippen LogP contribution is 2.25. The van der Waals surface area contributed by atoms with Gasteiger partial charge in [0.1, 0.15) is 0 Å². The molecule has 1 aromatic rings. The molecule has 100 valence electrons. The molecule has 0 aromatic carbocycles. The minimum Gasteiger partial charge on any atom is -0.341 e. The van der Waals surface area contributed by atoms with Gasteiger partial charge in [0.05, 0.1) is 6.54 Å². The molecule has 0 aliphatic carbocycles. The summed E-state index contributed by atoms with van der Waals surface area (Å²) in [5.74, 6) is 0.0352. The fraction of sp³-hybridized carbons (Fsp3) is 0.500. The predicted molar refractivity (Wildman–Crippen MR) is 72.5 cm³/mol. The normalized spacial score (nSPS) is 12.2. The zero-order valence-corrected chi connectivity index (χ0v) is 11.6. The minimum absolute atomic E-state index is 0.119. The van der Waals surface area contributed by atoms with Crippen LogP contribution < -0.4 is 16.0 Å². The summed E-state index contributed by atoms with van der Waals surface area (Å²) in [5, 5.41) is 9.74. The maximum Gasteiger partial charge on any atom is 0.321 e. The molecule has 0 bridgehead atoms. The van der Waals surface area contributed by atoms with Gasteiger partial charge in [0.25, 0.3) is 0 Å². The first-order valence-corrected chi connectivity index (χ1v) is 6.71. The van der Waals surface area contributed by atoms with Crippen LogP contribution in [0.1, 0.15) is 24.8 Å². The molecule has 1 aromatic heterocycles. The summed E-state index contributed by atoms with van der Waals surface area (Å²) in [4.78, 5) is 23.6. The Balaban J connectivity index is 2.49. The first-order chi connectivity index (χ1) is 8.54. The van der Waals surface area contributed by atoms with E-state index < -0.39 is 6.03 Å². The van der Waals surface area contributed by atoms with E-state index in [1.54, 1.807) is 11.3 Å². The summed E-state index contributed by atoms with van der Waals surface area (Å²) in [7, 11) is 1.47. The van der Waals surface area contributed by atoms with Crippen molar-refractivity contribution < 1.29 is 9.59 Å². The molecule has 0 fully saturated rings. The number of thiophene rings is 1. The Bertz CT molecular complexity index is 390. The molecule has 18 heavy (non-hydrogen) atoms. The van der Waals surface area contributed by atoms with E-state index in [0.29, 0.717) is 5.92 Å². The molecular formula is C12H19N3O2S. The number of carbonyl (C=O) groups excluding carboxylic acids is 2. The van der Waals surface area contributed by atoms with Crippen molar-refractivity contribution in [2.45, 2.75) is 19.9 Å². The second-order valence-corrected chi connectivity index (χ2v) is 5.22. The number of rotatable bonds is 5. The molecule has 6 heteroatoms. The molecule has 1 atom stereocenters. The summed E-state index contributed by atoms with van der Waals surface area (Å²) >= 11 is 1.66. The lowest BCUT2D eigenvalue weighted by atomic mass is 10.0. The molecule has 0 aliphatic rings. The second-order valence-electron chi connectivity index (χ2n) is 4.25. The fourth-order valence-electron chi connectivity index (χ4n) is 1.57. The van der Waals surface area contributed by atoms with Crippen LogP contribution in [0.4, 0.5) is 4.79 Å². The summed E-state index contributed by atoms with van der Waals surface area (Å²) in [6, 6.07) is 3.67. The van der Waals surface area contributed by atoms with Gasteiger partial charge in [-0.3, -0.25) is 10.1 Å². The Morgan fingerprint density at radius 3 is 2.61 bits per heavy atom. The van der Waals surface area contributed by atoms with E-state index in [-0.39, 0.29) is 18.5 Å². The SMILES string of the molecule is CNC(=O)NC(=O)CN[C@H](c1cccs1)C(C)C. The van der Waals surface area contributed by atoms with Crippen LogP contribution in [0.25, 0.3) is 0 Å². The minimum atomic E-state index is -0.487. The number of nitrogens with one attached hydrogen (secondary N) is 3. The highest BCUT2D eigenvalue weighted by atomic mass is 32.1. The number of carbonyl (C=O) groups is 2. The highest BCUT2D eigenvalue weighted by Gasteiger charge is 2.17. The van der Waals surface area contributed by atoms with Crippen molar-refractivity contribution in [3.63, 3.8) is 0 Å². The molecule has 1 heterocycles. The zero-order valence-electron chi connectivity index (χ0n) is 10.8. The summed E-state index contributed by atoms with van der Waals surface area (Å²) in [6.07, 6.45) is 0. The maximum absolute atomic E-state index is 11.5. The Labute approximate surface area is 111 Å². The number of hydrogen-bond acceptors (Lipinski definition) is 4. The van der Waals surface area contributed by atoms with Gasteiger partial charge in [-0.2, -0.15) is 0 Å². The van der Waals surface area contributed by atoms with Crippen LogP contribution in [0.5, 0.6) is 0 Å². The van der Waals surface area contributed by atoms with Crippen LogP contribution in [0.3, 0.4) is 0 Å². The number of imide groups is 1. The number of hydrogen-bond donors (Lipinski definition) is 3. The summed E-state index contributed by atoms with van der Waals surface area (Å²) in [5.41, 5.74) is 0. The standard InChI is InChI=1S/C12H19N3O2S/c1-8(2)11(9-5-4-6-18-9)14-7-10(16)15-12(17)13-3/h4-6,8,11,14H,7H2,1-3H3,(H2,13,15,16,17)/t11-/m0/s1. The fourth-order valence-corrected chi connectivity index (χ4v) is 2.54. The third-order valence-corrected chi connectivity index (χ3v) is 3.43. The van der Waals surface area contributed by atoms with E-state index in [1.807, 2.05) is 17.5 Å². The van der Waals surface area contributed by atoms with Crippen LogP contribution >= 0.6 is 11.3 Å². The topological polar surface area (TPSA) is 70.2 Å². The van der Waals surface area contributed by atoms with Crippen molar-refractivity contribution in [1.29, 1.82) is 0 Å². The summed E-state index contributed by atoms with van der Waals surface area (Å²) in [6.45, 7) is 4.30. The quantitative estimate of drug-likeness (QED) is 0.758. The summed E-state index contributed by atoms with van der Waals surface area (Å²) < 4.78 is 0. The number of urea groups is 1. The van der Waals surface area contributed by atoms with Gasteiger partial charge in [0, 0.05) is 18.0 Å². The largest absolute Gasteiger partial charge is 0.341 e. The molecular weight excluding hydrogens is 250 g/mol. The number of amides is 3. The maximum atomic E-state index is 11.5. The van der Waals surface area contributed by atoms with Crippen LogP contribution in [0, 0.1) is 5.92 Å². The van der Waals surface area contributed by atoms with Crippen molar-refractivity contribution in [1.82, 2.24) is 16.0 Å². The van der Waals surface area contributed by atoms with Crippen LogP contribution in [0.15, 0.2) is 17.5 Å². The Morgan fingerprint density at radius 2 is 2.11 bits per heavy atom. The van der Waals surface area contributed by atoms with Crippen LogP contribution in [-0.2, 0) is 4.79 Å². The average molecular weight is 269 g/mol. The van der Waals surface area contributed by atoms with E-state index in [0.717, 1.165) is 0 Å². The Morgan fingerprint density at radius 1 is 1.39 bits per heavy atom. The van der Waals surface area contributed by atoms with Gasteiger partial charge < -0.3 is 10.6 Å². The van der Waals surface area contributed by atoms with Gasteiger partial charge in [0.2, 0.25) is 5.91 Å². The zero-order chi connectivity index (χ0) is 13.5. The van der Waals surface area contributed by atoms with Crippen molar-refractivity contribution >= 4 is 23.3 Å². The van der Waals surface area contributed by atoms with Crippen molar-refractivity contribution in [2.24, 2.45) is 5.92 Å². The first-order valence-electron chi connectivity index (χ1n) is 5.83. The van der Waals surface area contributed by atoms with E-state index >= 15 is 0 Å². The molecule has 0 aliphatic heterocycles. The van der Waals surface area contributed by atoms with Gasteiger partial charge >= 0.3 is 6.03 Å². The molecule has 5 nitrogen and oxygen atoms in total. The lowest BCUT2D eigenvalue weighted by molar-refractivity contribution is -0.119. The molecule has 1 rings (SSSR count). The molecule has 3 amide bonds. The average Bonchev–Trinajstić information content (AvgIpc) is 2.82. The van der Waals surface area contributed by atoms with E-state index in [9.17, 15) is 9.59 Å². The van der Waals surface area contributed by atoms with E-state index in [4.69, 9.17) is 0 Å². The van der Waals surface area contributed by atoms with Crippen LogP contribution in [0.2, 0.25) is 0 Å². The van der Waals surface area contributed by atoms with Gasteiger partial charge in [-0.1, -0.05) is 19.9 Å². The van der Waals surface area contributed by atoms with Crippen LogP contribution in [-0.4, -0.2) is 25.5 Å². The highest BCUT2D eigenvalue weighted by molar-refractivity contribution is 7.10. The van der Waals surface area contributed by atoms with E-state index in [2.05, 4.69) is 29.8 Å². The lowest BCUT2D eigenvalue weighted by Gasteiger charge is -2.20. The lowest BCUT2D eigenvalue weighted by Crippen LogP contribution is -2.43. The molecule has 3 N–H and O–H groups in total. The second kappa shape index (κ2) is 7.13. The smallest absolute Gasteiger partial charge is 0.321 e. The Kier molecular flexibility index (Phi) is 5.80. The van der Waals surface area contributed by atoms with Crippen molar-refractivity contribution in [3.05, 3.63) is 22.4 Å². The van der Waals surface area contributed by atoms with Gasteiger partial charge in [-0.15, -0.1) is 11.3 Å². The predicted octanol–water partition coefficient (Wildman–Crippen LogP) is 1.49. The van der Waals surface area contributed by atoms with Crippen molar-refractivity contribution in [2.75, 3.05) is 13.6 Å². The third kappa shape index (κ3) is 4.46. The van der Waals surface area contributed by atoms with Gasteiger partial charge in [-0.05, 0) is 17.4 Å². The van der Waals surface area contributed by atoms with Gasteiger partial charge in [-0.25, -0.2) is 4.79 Å². The molecule has 0 saturated heterocycles. The van der Waals surface area contributed by atoms with E-state index in [1.165, 1.54) is 11.9 Å². The first kappa shape index (κ1) is 14.7. The molecule has 0 spiro atoms. The third-order valence-electron chi connectivity index (χ3n) is 2.48. The Hall–Kier alpha value is -1.40.